The van der Waals surface area contributed by atoms with E-state index in [0.29, 0.717) is 0 Å². The SMILES string of the molecule is CCOC(=O)c1cc2cc3cc4cc5cc(C(=O)OCC)c(C(=O)OCC)cc5cc4cc3cc2cc1C(=O)OCC. The van der Waals surface area contributed by atoms with Gasteiger partial charge in [-0.05, 0) is 131 Å². The van der Waals surface area contributed by atoms with E-state index in [0.717, 1.165) is 43.1 Å². The Bertz CT molecular complexity index is 1630. The fourth-order valence-corrected chi connectivity index (χ4v) is 5.12. The zero-order valence-corrected chi connectivity index (χ0v) is 23.9. The number of carbonyl (C=O) groups is 4. The van der Waals surface area contributed by atoms with Crippen LogP contribution in [0.15, 0.2) is 60.7 Å². The molecule has 0 aromatic heterocycles. The Balaban J connectivity index is 1.71. The van der Waals surface area contributed by atoms with Crippen LogP contribution in [0.2, 0.25) is 0 Å². The maximum atomic E-state index is 12.7. The second-order valence-electron chi connectivity index (χ2n) is 9.62. The molecule has 0 bridgehead atoms. The molecule has 5 aromatic carbocycles. The summed E-state index contributed by atoms with van der Waals surface area (Å²) in [5.74, 6) is -2.36. The molecule has 0 unspecified atom stereocenters. The normalized spacial score (nSPS) is 11.1. The summed E-state index contributed by atoms with van der Waals surface area (Å²) in [6.07, 6.45) is 0. The summed E-state index contributed by atoms with van der Waals surface area (Å²) in [6, 6.07) is 18.5. The molecule has 214 valence electrons. The average molecular weight is 567 g/mol. The first-order valence-corrected chi connectivity index (χ1v) is 13.9. The Labute approximate surface area is 242 Å². The van der Waals surface area contributed by atoms with Gasteiger partial charge in [0.15, 0.2) is 0 Å². The molecule has 0 saturated heterocycles. The third kappa shape index (κ3) is 5.35. The van der Waals surface area contributed by atoms with Crippen LogP contribution in [-0.2, 0) is 18.9 Å². The van der Waals surface area contributed by atoms with Crippen LogP contribution in [0, 0.1) is 0 Å². The molecule has 0 aliphatic heterocycles. The molecule has 5 rings (SSSR count). The molecule has 0 N–H and O–H groups in total. The zero-order valence-electron chi connectivity index (χ0n) is 23.9. The highest BCUT2D eigenvalue weighted by Crippen LogP contribution is 2.33. The third-order valence-corrected chi connectivity index (χ3v) is 6.96. The summed E-state index contributed by atoms with van der Waals surface area (Å²) in [5.41, 5.74) is 0.603. The van der Waals surface area contributed by atoms with Gasteiger partial charge >= 0.3 is 23.9 Å². The van der Waals surface area contributed by atoms with Crippen molar-refractivity contribution in [1.82, 2.24) is 0 Å². The molecule has 8 nitrogen and oxygen atoms in total. The molecule has 42 heavy (non-hydrogen) atoms. The molecule has 5 aromatic rings. The number of hydrogen-bond donors (Lipinski definition) is 0. The lowest BCUT2D eigenvalue weighted by Crippen LogP contribution is -2.14. The molecular formula is C34H30O8. The smallest absolute Gasteiger partial charge is 0.339 e. The highest BCUT2D eigenvalue weighted by Gasteiger charge is 2.22. The first kappa shape index (κ1) is 28.5. The fraction of sp³-hybridized carbons (Fsp3) is 0.235. The first-order chi connectivity index (χ1) is 20.3. The highest BCUT2D eigenvalue weighted by atomic mass is 16.5. The van der Waals surface area contributed by atoms with Crippen molar-refractivity contribution in [2.24, 2.45) is 0 Å². The lowest BCUT2D eigenvalue weighted by molar-refractivity contribution is 0.0479. The van der Waals surface area contributed by atoms with Crippen molar-refractivity contribution in [1.29, 1.82) is 0 Å². The predicted molar refractivity (Wildman–Crippen MR) is 160 cm³/mol. The lowest BCUT2D eigenvalue weighted by Gasteiger charge is -2.13. The van der Waals surface area contributed by atoms with Gasteiger partial charge in [-0.25, -0.2) is 19.2 Å². The Morgan fingerprint density at radius 1 is 0.357 bits per heavy atom. The van der Waals surface area contributed by atoms with Crippen molar-refractivity contribution in [3.8, 4) is 0 Å². The summed E-state index contributed by atoms with van der Waals surface area (Å²) in [4.78, 5) is 50.8. The summed E-state index contributed by atoms with van der Waals surface area (Å²) < 4.78 is 20.8. The van der Waals surface area contributed by atoms with Crippen LogP contribution in [0.5, 0.6) is 0 Å². The molecule has 0 spiro atoms. The van der Waals surface area contributed by atoms with Crippen LogP contribution in [0.1, 0.15) is 69.1 Å². The van der Waals surface area contributed by atoms with Gasteiger partial charge in [-0.2, -0.15) is 0 Å². The van der Waals surface area contributed by atoms with Gasteiger partial charge in [0.05, 0.1) is 48.7 Å². The van der Waals surface area contributed by atoms with Crippen LogP contribution >= 0.6 is 0 Å². The van der Waals surface area contributed by atoms with Crippen LogP contribution in [0.4, 0.5) is 0 Å². The van der Waals surface area contributed by atoms with Crippen LogP contribution in [-0.4, -0.2) is 50.3 Å². The van der Waals surface area contributed by atoms with E-state index in [4.69, 9.17) is 18.9 Å². The number of carbonyl (C=O) groups excluding carboxylic acids is 4. The zero-order chi connectivity index (χ0) is 30.0. The van der Waals surface area contributed by atoms with Crippen molar-refractivity contribution >= 4 is 67.0 Å². The van der Waals surface area contributed by atoms with Crippen LogP contribution in [0.3, 0.4) is 0 Å². The van der Waals surface area contributed by atoms with Crippen molar-refractivity contribution in [2.45, 2.75) is 27.7 Å². The van der Waals surface area contributed by atoms with E-state index in [-0.39, 0.29) is 48.7 Å². The largest absolute Gasteiger partial charge is 0.462 e. The molecule has 0 heterocycles. The number of hydrogen-bond acceptors (Lipinski definition) is 8. The lowest BCUT2D eigenvalue weighted by atomic mass is 9.94. The van der Waals surface area contributed by atoms with E-state index in [9.17, 15) is 19.2 Å². The van der Waals surface area contributed by atoms with E-state index in [1.165, 1.54) is 0 Å². The minimum Gasteiger partial charge on any atom is -0.462 e. The van der Waals surface area contributed by atoms with Gasteiger partial charge in [0.2, 0.25) is 0 Å². The molecule has 0 aliphatic rings. The topological polar surface area (TPSA) is 105 Å². The maximum absolute atomic E-state index is 12.7. The summed E-state index contributed by atoms with van der Waals surface area (Å²) in [6.45, 7) is 7.53. The van der Waals surface area contributed by atoms with Crippen molar-refractivity contribution in [3.05, 3.63) is 82.9 Å². The van der Waals surface area contributed by atoms with Crippen molar-refractivity contribution < 1.29 is 38.1 Å². The molecule has 0 saturated carbocycles. The molecule has 0 atom stereocenters. The summed E-state index contributed by atoms with van der Waals surface area (Å²) >= 11 is 0. The Morgan fingerprint density at radius 2 is 0.524 bits per heavy atom. The first-order valence-electron chi connectivity index (χ1n) is 13.9. The standard InChI is InChI=1S/C34H30O8/c1-5-39-31(35)27-15-23-11-19-9-21-13-25-17-29(33(37)41-7-3)30(34(38)42-8-4)18-26(25)14-22(21)10-20(19)12-24(23)16-28(27)32(36)40-6-2/h9-18H,5-8H2,1-4H3. The van der Waals surface area contributed by atoms with Crippen LogP contribution < -0.4 is 0 Å². The number of benzene rings is 5. The predicted octanol–water partition coefficient (Wildman–Crippen LogP) is 7.01. The summed E-state index contributed by atoms with van der Waals surface area (Å²) in [5, 5.41) is 6.74. The average Bonchev–Trinajstić information content (AvgIpc) is 2.97. The van der Waals surface area contributed by atoms with Crippen molar-refractivity contribution in [2.75, 3.05) is 26.4 Å². The quantitative estimate of drug-likeness (QED) is 0.112. The van der Waals surface area contributed by atoms with Gasteiger partial charge in [0.25, 0.3) is 0 Å². The van der Waals surface area contributed by atoms with E-state index in [1.54, 1.807) is 52.0 Å². The van der Waals surface area contributed by atoms with Gasteiger partial charge in [-0.3, -0.25) is 0 Å². The van der Waals surface area contributed by atoms with Crippen molar-refractivity contribution in [3.63, 3.8) is 0 Å². The molecular weight excluding hydrogens is 536 g/mol. The molecule has 0 fully saturated rings. The minimum atomic E-state index is -0.591. The van der Waals surface area contributed by atoms with Gasteiger partial charge in [-0.15, -0.1) is 0 Å². The highest BCUT2D eigenvalue weighted by molar-refractivity contribution is 6.13. The maximum Gasteiger partial charge on any atom is 0.339 e. The summed E-state index contributed by atoms with van der Waals surface area (Å²) in [7, 11) is 0. The molecule has 0 amide bonds. The van der Waals surface area contributed by atoms with E-state index < -0.39 is 23.9 Å². The Hall–Kier alpha value is -4.98. The fourth-order valence-electron chi connectivity index (χ4n) is 5.12. The molecule has 8 heteroatoms. The van der Waals surface area contributed by atoms with Gasteiger partial charge in [0, 0.05) is 0 Å². The van der Waals surface area contributed by atoms with E-state index in [2.05, 4.69) is 0 Å². The molecule has 0 aliphatic carbocycles. The van der Waals surface area contributed by atoms with Gasteiger partial charge in [0.1, 0.15) is 0 Å². The number of fused-ring (bicyclic) bond motifs is 4. The van der Waals surface area contributed by atoms with Gasteiger partial charge in [-0.1, -0.05) is 0 Å². The minimum absolute atomic E-state index is 0.151. The van der Waals surface area contributed by atoms with E-state index in [1.807, 2.05) is 36.4 Å². The number of ether oxygens (including phenoxy) is 4. The third-order valence-electron chi connectivity index (χ3n) is 6.96. The second-order valence-corrected chi connectivity index (χ2v) is 9.62. The number of rotatable bonds is 8. The number of esters is 4. The van der Waals surface area contributed by atoms with Crippen LogP contribution in [0.25, 0.3) is 43.1 Å². The second kappa shape index (κ2) is 11.9. The Morgan fingerprint density at radius 3 is 0.690 bits per heavy atom. The molecule has 0 radical (unpaired) electrons. The Kier molecular flexibility index (Phi) is 8.06. The van der Waals surface area contributed by atoms with E-state index >= 15 is 0 Å². The van der Waals surface area contributed by atoms with Gasteiger partial charge < -0.3 is 18.9 Å². The monoisotopic (exact) mass is 566 g/mol.